The van der Waals surface area contributed by atoms with E-state index in [9.17, 15) is 9.59 Å². The molecular formula is C18H31NO6. The van der Waals surface area contributed by atoms with Crippen molar-refractivity contribution in [3.63, 3.8) is 0 Å². The van der Waals surface area contributed by atoms with Gasteiger partial charge in [-0.25, -0.2) is 4.79 Å². The summed E-state index contributed by atoms with van der Waals surface area (Å²) in [6, 6.07) is 0.105. The molecule has 25 heavy (non-hydrogen) atoms. The van der Waals surface area contributed by atoms with Gasteiger partial charge in [0.05, 0.1) is 39.1 Å². The van der Waals surface area contributed by atoms with Crippen LogP contribution in [0.15, 0.2) is 12.2 Å². The van der Waals surface area contributed by atoms with Crippen LogP contribution in [0.5, 0.6) is 0 Å². The van der Waals surface area contributed by atoms with E-state index in [1.165, 1.54) is 0 Å². The summed E-state index contributed by atoms with van der Waals surface area (Å²) in [5, 5.41) is 0. The van der Waals surface area contributed by atoms with E-state index >= 15 is 0 Å². The van der Waals surface area contributed by atoms with Crippen molar-refractivity contribution in [2.45, 2.75) is 39.2 Å². The first-order valence-electron chi connectivity index (χ1n) is 9.02. The largest absolute Gasteiger partial charge is 0.464 e. The van der Waals surface area contributed by atoms with Gasteiger partial charge in [-0.15, -0.1) is 0 Å². The zero-order valence-corrected chi connectivity index (χ0v) is 15.4. The minimum Gasteiger partial charge on any atom is -0.464 e. The summed E-state index contributed by atoms with van der Waals surface area (Å²) in [6.07, 6.45) is 6.15. The molecule has 1 saturated heterocycles. The van der Waals surface area contributed by atoms with Gasteiger partial charge >= 0.3 is 5.97 Å². The number of hydrogen-bond donors (Lipinski definition) is 0. The van der Waals surface area contributed by atoms with Crippen molar-refractivity contribution in [3.8, 4) is 0 Å². The summed E-state index contributed by atoms with van der Waals surface area (Å²) in [6.45, 7) is 7.18. The van der Waals surface area contributed by atoms with Gasteiger partial charge in [0.15, 0.2) is 0 Å². The Bertz CT molecular complexity index is 412. The van der Waals surface area contributed by atoms with Crippen LogP contribution in [0.4, 0.5) is 0 Å². The summed E-state index contributed by atoms with van der Waals surface area (Å²) in [7, 11) is 0. The Morgan fingerprint density at radius 3 is 2.72 bits per heavy atom. The number of likely N-dealkylation sites (tertiary alicyclic amines) is 1. The minimum atomic E-state index is -0.369. The van der Waals surface area contributed by atoms with Crippen molar-refractivity contribution < 1.29 is 28.5 Å². The van der Waals surface area contributed by atoms with E-state index in [-0.39, 0.29) is 24.5 Å². The van der Waals surface area contributed by atoms with Crippen molar-refractivity contribution in [3.05, 3.63) is 12.2 Å². The van der Waals surface area contributed by atoms with Gasteiger partial charge in [-0.2, -0.15) is 0 Å². The third-order valence-corrected chi connectivity index (χ3v) is 3.78. The van der Waals surface area contributed by atoms with Gasteiger partial charge in [0.25, 0.3) is 0 Å². The molecule has 0 spiro atoms. The molecule has 7 heteroatoms. The highest BCUT2D eigenvalue weighted by molar-refractivity contribution is 5.77. The van der Waals surface area contributed by atoms with Crippen LogP contribution in [-0.4, -0.2) is 75.6 Å². The average molecular weight is 357 g/mol. The lowest BCUT2D eigenvalue weighted by molar-refractivity contribution is -0.148. The van der Waals surface area contributed by atoms with Crippen LogP contribution >= 0.6 is 0 Å². The Labute approximate surface area is 150 Å². The topological polar surface area (TPSA) is 74.3 Å². The van der Waals surface area contributed by atoms with Gasteiger partial charge in [-0.1, -0.05) is 12.2 Å². The molecule has 144 valence electrons. The normalized spacial score (nSPS) is 18.1. The smallest absolute Gasteiger partial charge is 0.332 e. The van der Waals surface area contributed by atoms with E-state index in [1.54, 1.807) is 6.92 Å². The maximum Gasteiger partial charge on any atom is 0.332 e. The summed E-state index contributed by atoms with van der Waals surface area (Å²) in [5.41, 5.74) is 0. The van der Waals surface area contributed by atoms with Gasteiger partial charge in [-0.3, -0.25) is 4.79 Å². The van der Waals surface area contributed by atoms with Crippen molar-refractivity contribution in [2.75, 3.05) is 52.8 Å². The van der Waals surface area contributed by atoms with Crippen LogP contribution < -0.4 is 0 Å². The van der Waals surface area contributed by atoms with Crippen molar-refractivity contribution in [1.29, 1.82) is 0 Å². The number of carbonyl (C=O) groups is 2. The maximum absolute atomic E-state index is 12.1. The molecule has 1 fully saturated rings. The number of piperidine rings is 1. The minimum absolute atomic E-state index is 0.0584. The molecule has 1 rings (SSSR count). The second-order valence-electron chi connectivity index (χ2n) is 5.66. The number of carbonyl (C=O) groups excluding carboxylic acids is 2. The number of nitrogens with zero attached hydrogens (tertiary/aromatic N) is 1. The Morgan fingerprint density at radius 1 is 1.16 bits per heavy atom. The Kier molecular flexibility index (Phi) is 11.9. The molecule has 7 nitrogen and oxygen atoms in total. The monoisotopic (exact) mass is 357 g/mol. The van der Waals surface area contributed by atoms with Crippen molar-refractivity contribution in [2.24, 2.45) is 0 Å². The molecule has 1 aliphatic rings. The van der Waals surface area contributed by atoms with Crippen LogP contribution in [0.25, 0.3) is 0 Å². The van der Waals surface area contributed by atoms with E-state index in [0.29, 0.717) is 52.6 Å². The molecular weight excluding hydrogens is 326 g/mol. The fourth-order valence-electron chi connectivity index (χ4n) is 2.57. The highest BCUT2D eigenvalue weighted by Gasteiger charge is 2.27. The summed E-state index contributed by atoms with van der Waals surface area (Å²) in [5.74, 6) is -0.215. The van der Waals surface area contributed by atoms with Gasteiger partial charge < -0.3 is 23.8 Å². The Morgan fingerprint density at radius 2 is 1.96 bits per heavy atom. The molecule has 1 aliphatic heterocycles. The zero-order valence-electron chi connectivity index (χ0n) is 15.4. The lowest BCUT2D eigenvalue weighted by atomic mass is 10.0. The maximum atomic E-state index is 12.1. The second kappa shape index (κ2) is 13.8. The van der Waals surface area contributed by atoms with Crippen LogP contribution in [0.1, 0.15) is 33.1 Å². The molecule has 0 aromatic carbocycles. The first-order chi connectivity index (χ1) is 12.2. The number of amides is 1. The molecule has 1 atom stereocenters. The molecule has 0 aliphatic carbocycles. The molecule has 1 heterocycles. The molecule has 0 radical (unpaired) electrons. The van der Waals surface area contributed by atoms with E-state index in [1.807, 2.05) is 24.0 Å². The highest BCUT2D eigenvalue weighted by atomic mass is 16.6. The van der Waals surface area contributed by atoms with Gasteiger partial charge in [0.2, 0.25) is 5.91 Å². The third kappa shape index (κ3) is 9.57. The number of esters is 1. The highest BCUT2D eigenvalue weighted by Crippen LogP contribution is 2.18. The van der Waals surface area contributed by atoms with E-state index < -0.39 is 0 Å². The van der Waals surface area contributed by atoms with Gasteiger partial charge in [0.1, 0.15) is 6.61 Å². The second-order valence-corrected chi connectivity index (χ2v) is 5.66. The van der Waals surface area contributed by atoms with Crippen molar-refractivity contribution in [1.82, 2.24) is 4.90 Å². The summed E-state index contributed by atoms with van der Waals surface area (Å²) < 4.78 is 20.8. The Hall–Kier alpha value is -1.44. The summed E-state index contributed by atoms with van der Waals surface area (Å²) in [4.78, 5) is 25.1. The molecule has 1 amide bonds. The molecule has 0 aromatic heterocycles. The van der Waals surface area contributed by atoms with E-state index in [4.69, 9.17) is 18.9 Å². The van der Waals surface area contributed by atoms with E-state index in [2.05, 4.69) is 0 Å². The first kappa shape index (κ1) is 21.6. The van der Waals surface area contributed by atoms with Crippen LogP contribution in [-0.2, 0) is 28.5 Å². The van der Waals surface area contributed by atoms with Gasteiger partial charge in [-0.05, 0) is 26.7 Å². The average Bonchev–Trinajstić information content (AvgIpc) is 2.59. The zero-order chi connectivity index (χ0) is 18.3. The molecule has 0 bridgehead atoms. The molecule has 0 saturated carbocycles. The predicted molar refractivity (Wildman–Crippen MR) is 93.3 cm³/mol. The number of rotatable bonds is 13. The number of ether oxygens (including phenoxy) is 4. The lowest BCUT2D eigenvalue weighted by Crippen LogP contribution is -2.46. The SMILES string of the molecule is CCOCCOC[C@H]1CCCC(=O)N1CC=CCOCC(=O)OCC. The number of hydrogen-bond acceptors (Lipinski definition) is 6. The van der Waals surface area contributed by atoms with Crippen LogP contribution in [0.3, 0.4) is 0 Å². The third-order valence-electron chi connectivity index (χ3n) is 3.78. The fraction of sp³-hybridized carbons (Fsp3) is 0.778. The van der Waals surface area contributed by atoms with Gasteiger partial charge in [0, 0.05) is 19.6 Å². The fourth-order valence-corrected chi connectivity index (χ4v) is 2.57. The lowest BCUT2D eigenvalue weighted by Gasteiger charge is -2.34. The van der Waals surface area contributed by atoms with Crippen LogP contribution in [0.2, 0.25) is 0 Å². The summed E-state index contributed by atoms with van der Waals surface area (Å²) >= 11 is 0. The predicted octanol–water partition coefficient (Wildman–Crippen LogP) is 1.56. The van der Waals surface area contributed by atoms with E-state index in [0.717, 1.165) is 12.8 Å². The quantitative estimate of drug-likeness (QED) is 0.283. The standard InChI is InChI=1S/C18H31NO6/c1-3-22-12-13-24-14-16-8-7-9-17(20)19(16)10-5-6-11-23-15-18(21)25-4-2/h5-6,16H,3-4,7-15H2,1-2H3/t16-/m1/s1. The van der Waals surface area contributed by atoms with Crippen molar-refractivity contribution >= 4 is 11.9 Å². The van der Waals surface area contributed by atoms with Crippen LogP contribution in [0, 0.1) is 0 Å². The molecule has 0 N–H and O–H groups in total. The Balaban J connectivity index is 2.27. The molecule has 0 unspecified atom stereocenters. The molecule has 0 aromatic rings. The first-order valence-corrected chi connectivity index (χ1v) is 9.02.